The van der Waals surface area contributed by atoms with Gasteiger partial charge in [-0.2, -0.15) is 0 Å². The Balaban J connectivity index is 2.05. The second-order valence-electron chi connectivity index (χ2n) is 6.53. The van der Waals surface area contributed by atoms with Gasteiger partial charge in [0.2, 0.25) is 21.8 Å². The molecule has 0 saturated carbocycles. The third-order valence-corrected chi connectivity index (χ3v) is 5.69. The van der Waals surface area contributed by atoms with E-state index < -0.39 is 21.9 Å². The topological polar surface area (TPSA) is 186 Å². The molecule has 0 bridgehead atoms. The molecule has 0 saturated heterocycles. The fourth-order valence-electron chi connectivity index (χ4n) is 2.20. The van der Waals surface area contributed by atoms with E-state index in [4.69, 9.17) is 4.63 Å². The number of aliphatic hydroxyl groups excluding tert-OH is 1. The van der Waals surface area contributed by atoms with Crippen LogP contribution in [0.3, 0.4) is 0 Å². The second kappa shape index (κ2) is 12.4. The number of rotatable bonds is 10. The van der Waals surface area contributed by atoms with Crippen molar-refractivity contribution in [3.63, 3.8) is 0 Å². The molecule has 1 atom stereocenters. The third kappa shape index (κ3) is 8.56. The van der Waals surface area contributed by atoms with Crippen molar-refractivity contribution in [3.8, 4) is 0 Å². The summed E-state index contributed by atoms with van der Waals surface area (Å²) in [6, 6.07) is 4.00. The van der Waals surface area contributed by atoms with Crippen molar-refractivity contribution >= 4 is 49.3 Å². The van der Waals surface area contributed by atoms with Crippen molar-refractivity contribution in [1.29, 1.82) is 0 Å². The number of hydrogen-bond donors (Lipinski definition) is 6. The molecule has 0 spiro atoms. The number of anilines is 1. The van der Waals surface area contributed by atoms with Crippen LogP contribution in [0.1, 0.15) is 19.5 Å². The van der Waals surface area contributed by atoms with E-state index in [1.54, 1.807) is 0 Å². The van der Waals surface area contributed by atoms with Crippen LogP contribution in [0.25, 0.3) is 0 Å². The molecule has 13 nitrogen and oxygen atoms in total. The Morgan fingerprint density at radius 2 is 2.09 bits per heavy atom. The van der Waals surface area contributed by atoms with Gasteiger partial charge in [0.05, 0.1) is 28.6 Å². The summed E-state index contributed by atoms with van der Waals surface area (Å²) in [4.78, 5) is 8.16. The van der Waals surface area contributed by atoms with Crippen LogP contribution in [0.5, 0.6) is 0 Å². The molecule has 0 aliphatic carbocycles. The number of halogens is 2. The normalized spacial score (nSPS) is 13.5. The maximum absolute atomic E-state index is 13.4. The Hall–Kier alpha value is -2.82. The molecule has 0 fully saturated rings. The zero-order valence-electron chi connectivity index (χ0n) is 17.7. The number of guanidine groups is 1. The third-order valence-electron chi connectivity index (χ3n) is 3.82. The fraction of sp³-hybridized carbons (Fsp3) is 0.412. The van der Waals surface area contributed by atoms with E-state index in [-0.39, 0.29) is 53.2 Å². The average molecular weight is 551 g/mol. The van der Waals surface area contributed by atoms with E-state index in [2.05, 4.69) is 51.6 Å². The predicted molar refractivity (Wildman–Crippen MR) is 123 cm³/mol. The van der Waals surface area contributed by atoms with Crippen molar-refractivity contribution in [3.05, 3.63) is 34.2 Å². The molecule has 0 radical (unpaired) electrons. The maximum Gasteiger partial charge on any atom is 0.234 e. The number of nitrogens with zero attached hydrogens (tertiary/aromatic N) is 4. The smallest absolute Gasteiger partial charge is 0.234 e. The van der Waals surface area contributed by atoms with Crippen LogP contribution in [0, 0.1) is 5.82 Å². The minimum atomic E-state index is -3.57. The number of hydroxylamine groups is 1. The van der Waals surface area contributed by atoms with E-state index in [0.717, 1.165) is 0 Å². The van der Waals surface area contributed by atoms with E-state index in [1.807, 2.05) is 5.48 Å². The molecule has 1 aromatic heterocycles. The van der Waals surface area contributed by atoms with Gasteiger partial charge >= 0.3 is 0 Å². The van der Waals surface area contributed by atoms with Gasteiger partial charge in [-0.15, -0.1) is 0 Å². The average Bonchev–Trinajstić information content (AvgIpc) is 3.23. The van der Waals surface area contributed by atoms with E-state index in [0.29, 0.717) is 5.69 Å². The van der Waals surface area contributed by atoms with Crippen LogP contribution >= 0.6 is 15.9 Å². The fourth-order valence-corrected chi connectivity index (χ4v) is 3.15. The zero-order valence-corrected chi connectivity index (χ0v) is 20.1. The number of sulfonamides is 1. The molecule has 182 valence electrons. The molecular weight excluding hydrogens is 527 g/mol. The lowest BCUT2D eigenvalue weighted by Gasteiger charge is -2.13. The molecular formula is C17H24BrFN8O5S. The van der Waals surface area contributed by atoms with Crippen molar-refractivity contribution in [2.45, 2.75) is 20.0 Å². The highest BCUT2D eigenvalue weighted by Crippen LogP contribution is 2.23. The molecule has 0 aliphatic rings. The lowest BCUT2D eigenvalue weighted by atomic mass is 10.3. The van der Waals surface area contributed by atoms with Gasteiger partial charge in [0.25, 0.3) is 0 Å². The number of aliphatic hydroxyl groups is 1. The summed E-state index contributed by atoms with van der Waals surface area (Å²) >= 11 is 3.06. The van der Waals surface area contributed by atoms with E-state index in [9.17, 15) is 23.1 Å². The number of benzene rings is 1. The van der Waals surface area contributed by atoms with Crippen molar-refractivity contribution in [2.24, 2.45) is 9.98 Å². The second-order valence-corrected chi connectivity index (χ2v) is 9.39. The Kier molecular flexibility index (Phi) is 9.95. The first kappa shape index (κ1) is 26.4. The van der Waals surface area contributed by atoms with Gasteiger partial charge in [0.1, 0.15) is 5.82 Å². The molecule has 0 amide bonds. The minimum Gasteiger partial charge on any atom is -0.391 e. The molecule has 2 aromatic rings. The highest BCUT2D eigenvalue weighted by atomic mass is 79.9. The summed E-state index contributed by atoms with van der Waals surface area (Å²) in [7, 11) is -3.57. The first-order valence-corrected chi connectivity index (χ1v) is 12.1. The summed E-state index contributed by atoms with van der Waals surface area (Å²) in [6.07, 6.45) is -0.750. The van der Waals surface area contributed by atoms with Crippen molar-refractivity contribution in [2.75, 3.05) is 30.7 Å². The van der Waals surface area contributed by atoms with Crippen molar-refractivity contribution in [1.82, 2.24) is 25.8 Å². The summed E-state index contributed by atoms with van der Waals surface area (Å²) in [6.45, 7) is 3.41. The Bertz CT molecular complexity index is 1090. The predicted octanol–water partition coefficient (Wildman–Crippen LogP) is 0.706. The Morgan fingerprint density at radius 1 is 1.33 bits per heavy atom. The van der Waals surface area contributed by atoms with Gasteiger partial charge in [-0.3, -0.25) is 15.4 Å². The standard InChI is InChI=1S/C17H24BrFN8O5S/c1-3-33(30,31)27-17(22-9-10(2)28)21-7-6-20-15-14(25-32-26-15)16(24-29)23-11-4-5-13(19)12(18)8-11/h4-5,8,10,28-29H,3,6-7,9H2,1-2H3,(H,20,26)(H,23,24)(H2,21,22,27)/t10-/m0/s1. The van der Waals surface area contributed by atoms with Crippen molar-refractivity contribution < 1.29 is 27.8 Å². The van der Waals surface area contributed by atoms with Gasteiger partial charge in [-0.1, -0.05) is 0 Å². The SMILES string of the molecule is CCS(=O)(=O)NC(=NC[C@H](C)O)NCCNc1nonc1C(=Nc1ccc(F)c(Br)c1)NO. The summed E-state index contributed by atoms with van der Waals surface area (Å²) < 4.78 is 44.2. The van der Waals surface area contributed by atoms with Crippen LogP contribution in [0.4, 0.5) is 15.9 Å². The summed E-state index contributed by atoms with van der Waals surface area (Å²) in [5, 5.41) is 32.0. The summed E-state index contributed by atoms with van der Waals surface area (Å²) in [5.41, 5.74) is 2.26. The molecule has 6 N–H and O–H groups in total. The zero-order chi connectivity index (χ0) is 24.4. The number of hydrogen-bond acceptors (Lipinski definition) is 10. The summed E-state index contributed by atoms with van der Waals surface area (Å²) in [5.74, 6) is -0.604. The number of amidine groups is 1. The van der Waals surface area contributed by atoms with Crippen LogP contribution in [-0.2, 0) is 10.0 Å². The molecule has 0 aliphatic heterocycles. The van der Waals surface area contributed by atoms with E-state index in [1.165, 1.54) is 32.0 Å². The maximum atomic E-state index is 13.4. The van der Waals surface area contributed by atoms with Gasteiger partial charge in [-0.25, -0.2) is 27.4 Å². The Morgan fingerprint density at radius 3 is 2.73 bits per heavy atom. The largest absolute Gasteiger partial charge is 0.391 e. The monoisotopic (exact) mass is 550 g/mol. The number of nitrogens with one attached hydrogen (secondary N) is 4. The molecule has 2 rings (SSSR count). The lowest BCUT2D eigenvalue weighted by molar-refractivity contribution is 0.204. The molecule has 0 unspecified atom stereocenters. The van der Waals surface area contributed by atoms with Crippen LogP contribution in [0.15, 0.2) is 37.3 Å². The van der Waals surface area contributed by atoms with Crippen LogP contribution in [0.2, 0.25) is 0 Å². The first-order chi connectivity index (χ1) is 15.6. The molecule has 16 heteroatoms. The van der Waals surface area contributed by atoms with Crippen LogP contribution in [-0.4, -0.2) is 72.3 Å². The lowest BCUT2D eigenvalue weighted by Crippen LogP contribution is -2.43. The van der Waals surface area contributed by atoms with Gasteiger partial charge in [0, 0.05) is 13.1 Å². The minimum absolute atomic E-state index is 0.000837. The van der Waals surface area contributed by atoms with Gasteiger partial charge in [-0.05, 0) is 58.3 Å². The highest BCUT2D eigenvalue weighted by Gasteiger charge is 2.17. The molecule has 33 heavy (non-hydrogen) atoms. The van der Waals surface area contributed by atoms with Gasteiger partial charge in [0.15, 0.2) is 11.5 Å². The van der Waals surface area contributed by atoms with Crippen LogP contribution < -0.4 is 20.8 Å². The molecule has 1 aromatic carbocycles. The number of aromatic nitrogens is 2. The quantitative estimate of drug-likeness (QED) is 0.106. The molecule has 1 heterocycles. The van der Waals surface area contributed by atoms with Gasteiger partial charge < -0.3 is 15.7 Å². The van der Waals surface area contributed by atoms with E-state index >= 15 is 0 Å². The number of aliphatic imine (C=N–C) groups is 2. The Labute approximate surface area is 197 Å². The highest BCUT2D eigenvalue weighted by molar-refractivity contribution is 9.10. The first-order valence-electron chi connectivity index (χ1n) is 9.62.